The van der Waals surface area contributed by atoms with Crippen molar-refractivity contribution in [2.75, 3.05) is 75.1 Å². The number of benzene rings is 2. The molecule has 6 aliphatic rings. The second-order valence-corrected chi connectivity index (χ2v) is 37.7. The summed E-state index contributed by atoms with van der Waals surface area (Å²) in [6.07, 6.45) is 1.42. The first-order valence-electron chi connectivity index (χ1n) is 43.5. The SMILES string of the molecule is CC[C@@H](O)[C@@]1(C)OC(=O)N(CCCCN=[N+]=[N-])[C@@H]1[C@@H](Cc1ccccc1)NC[C@H](C)C[C@@](C)(OC)[C@H](O[C@@H]1OC(C)CC(N(C)C)C1P=O)[C@@H](C)C1=C(C)C(=O)OC(C)(C)O1.CC[C@@H](O)[C@@]1(C)OC(=O)N(CCCCN=[N+]=[N-])[C@@H]1[C@H](N)Cc1ccccc1.CO[C@](C)(C[C@@H](C)C=O)[C@H](O[C@@H]1OC(C)CC(N(C)C)C1P=O)[C@@H](C)C1=C(C)C(=O)OC(C)(C)O1.[B].[C-]#N.[Na+]. The Morgan fingerprint density at radius 1 is 0.646 bits per heavy atom. The molecule has 0 spiro atoms. The summed E-state index contributed by atoms with van der Waals surface area (Å²) in [7, 11) is 10.8. The zero-order chi connectivity index (χ0) is 93.9. The molecule has 5 N–H and O–H groups in total. The Labute approximate surface area is 780 Å². The van der Waals surface area contributed by atoms with Crippen LogP contribution in [0.3, 0.4) is 0 Å². The van der Waals surface area contributed by atoms with Crippen molar-refractivity contribution in [1.82, 2.24) is 24.9 Å². The van der Waals surface area contributed by atoms with Gasteiger partial charge in [-0.3, -0.25) is 18.9 Å². The quantitative estimate of drug-likeness (QED) is 0.00457. The number of aliphatic hydroxyl groups is 2. The van der Waals surface area contributed by atoms with Crippen molar-refractivity contribution in [2.45, 2.75) is 332 Å². The predicted molar refractivity (Wildman–Crippen MR) is 477 cm³/mol. The van der Waals surface area contributed by atoms with Crippen LogP contribution in [0.15, 0.2) is 93.6 Å². The van der Waals surface area contributed by atoms with E-state index in [1.807, 2.05) is 168 Å². The van der Waals surface area contributed by atoms with Gasteiger partial charge in [-0.05, 0) is 195 Å². The zero-order valence-electron chi connectivity index (χ0n) is 79.5. The minimum Gasteiger partial charge on any atom is -0.512 e. The molecular formula is C89H142BN13NaO21P2. The van der Waals surface area contributed by atoms with Crippen LogP contribution >= 0.6 is 16.9 Å². The minimum atomic E-state index is -1.22. The maximum atomic E-state index is 13.7. The van der Waals surface area contributed by atoms with Gasteiger partial charge in [0.2, 0.25) is 11.6 Å². The molecule has 6 unspecified atom stereocenters. The molecule has 2 aromatic carbocycles. The number of aldehydes is 1. The molecule has 8 rings (SSSR count). The van der Waals surface area contributed by atoms with Gasteiger partial charge in [-0.2, -0.15) is 0 Å². The molecule has 34 nitrogen and oxygen atoms in total. The molecule has 2 amide bonds. The summed E-state index contributed by atoms with van der Waals surface area (Å²) >= 11 is 0. The fourth-order valence-electron chi connectivity index (χ4n) is 18.2. The van der Waals surface area contributed by atoms with E-state index >= 15 is 0 Å². The molecular weight excluding hydrogens is 1680 g/mol. The molecule has 703 valence electrons. The number of cyclic esters (lactones) is 4. The molecule has 4 saturated heterocycles. The first-order chi connectivity index (χ1) is 58.9. The van der Waals surface area contributed by atoms with E-state index in [1.54, 1.807) is 72.5 Å². The van der Waals surface area contributed by atoms with E-state index in [0.717, 1.165) is 17.4 Å². The van der Waals surface area contributed by atoms with Crippen molar-refractivity contribution < 1.29 is 130 Å². The van der Waals surface area contributed by atoms with E-state index in [-0.39, 0.29) is 103 Å². The third-order valence-corrected chi connectivity index (χ3v) is 26.4. The van der Waals surface area contributed by atoms with Gasteiger partial charge in [0, 0.05) is 128 Å². The number of carbonyl (C=O) groups excluding carboxylic acids is 5. The number of nitrogens with one attached hydrogen (secondary N) is 1. The molecule has 38 heteroatoms. The monoisotopic (exact) mass is 1820 g/mol. The van der Waals surface area contributed by atoms with Gasteiger partial charge in [0.25, 0.3) is 0 Å². The standard InChI is InChI=1S/C44H71N6O10P.C25H42NO8P.C19H29N5O3.CN.B.Na/c1-13-34(51)44(9)37(50(41(53)60-44)22-18-17-21-47-48-45)32(24-31-19-15-14-16-20-31)46-26-27(2)25-43(8,55-12)38(29(4)35-30(5)39(52)59-42(6,7)58-35)57-40-36(61-54)33(49(10)11)23-28(3)56-40;1-14(13-27)12-25(7,30-10)21(16(3)19-17(4)22(28)34-24(5,6)33-19)32-23-20(35-29)18(26(8)9)11-15(2)31-23;1-3-16(25)19(2)17(15(20)13-14-9-5-4-6-10-14)24(18(26)27-19)12-8-7-11-22-23-21;1-2;;/h14-16,19-20,27-29,32-34,36-38,40,46,51H,13,17-18,21-26H2,1-12H3;13-16,18,20-21,23H,11-12H2,1-10H3;4-6,9-10,15-17,25H,3,7-8,11-13,20H2,1-2H3;;;/q;;;-1;;+1/t27-,28?,29+,32-,33?,34-,36?,37-,38-,40+,43-,44-;14-,15?,16+,18?,20?,21-,23+,25-;15-,16-,17-,19-;;;/m111.../s1. The summed E-state index contributed by atoms with van der Waals surface area (Å²) in [6.45, 7) is 39.6. The summed E-state index contributed by atoms with van der Waals surface area (Å²) < 4.78 is 99.0. The predicted octanol–water partition coefficient (Wildman–Crippen LogP) is 11.1. The van der Waals surface area contributed by atoms with Crippen LogP contribution in [0.4, 0.5) is 9.59 Å². The van der Waals surface area contributed by atoms with Gasteiger partial charge in [-0.25, -0.2) is 19.2 Å². The van der Waals surface area contributed by atoms with E-state index in [2.05, 4.69) is 32.3 Å². The third kappa shape index (κ3) is 30.6. The first-order valence-corrected chi connectivity index (χ1v) is 45.2. The number of nitrogens with zero attached hydrogens (tertiary/aromatic N) is 11. The number of unbranched alkanes of at least 4 members (excludes halogenated alkanes) is 2. The van der Waals surface area contributed by atoms with Crippen LogP contribution in [0.25, 0.3) is 20.9 Å². The maximum absolute atomic E-state index is 13.7. The van der Waals surface area contributed by atoms with Crippen LogP contribution in [0.2, 0.25) is 0 Å². The van der Waals surface area contributed by atoms with Crippen molar-refractivity contribution in [3.05, 3.63) is 122 Å². The van der Waals surface area contributed by atoms with Gasteiger partial charge in [0.05, 0.1) is 71.1 Å². The minimum absolute atomic E-state index is 0. The Balaban J connectivity index is 0.000000532. The maximum Gasteiger partial charge on any atom is 1.00 e. The number of rotatable bonds is 44. The Morgan fingerprint density at radius 3 is 1.39 bits per heavy atom. The van der Waals surface area contributed by atoms with Crippen LogP contribution in [0.5, 0.6) is 0 Å². The Hall–Kier alpha value is -6.44. The number of methoxy groups -OCH3 is 2. The number of esters is 2. The van der Waals surface area contributed by atoms with Crippen molar-refractivity contribution in [3.63, 3.8) is 0 Å². The zero-order valence-corrected chi connectivity index (χ0v) is 83.3. The summed E-state index contributed by atoms with van der Waals surface area (Å²) in [4.78, 5) is 76.5. The molecule has 3 radical (unpaired) electrons. The number of ether oxygens (including phenoxy) is 12. The molecule has 0 saturated carbocycles. The molecule has 127 heavy (non-hydrogen) atoms. The summed E-state index contributed by atoms with van der Waals surface area (Å²) in [6, 6.07) is 18.0. The Bertz CT molecular complexity index is 4010. The van der Waals surface area contributed by atoms with Gasteiger partial charge < -0.3 is 105 Å². The number of carbonyl (C=O) groups is 5. The second kappa shape index (κ2) is 52.7. The van der Waals surface area contributed by atoms with Crippen LogP contribution in [-0.4, -0.2) is 275 Å². The van der Waals surface area contributed by atoms with Crippen LogP contribution in [0, 0.1) is 35.5 Å². The Kier molecular flexibility index (Phi) is 47.6. The molecule has 0 aromatic heterocycles. The molecule has 0 bridgehead atoms. The summed E-state index contributed by atoms with van der Waals surface area (Å²) in [5.41, 5.74) is 21.3. The molecule has 4 fully saturated rings. The number of hydrogen-bond acceptors (Lipinski definition) is 28. The average molecular weight is 1830 g/mol. The van der Waals surface area contributed by atoms with Crippen LogP contribution in [0.1, 0.15) is 200 Å². The third-order valence-electron chi connectivity index (χ3n) is 24.8. The molecule has 6 heterocycles. The largest absolute Gasteiger partial charge is 1.00 e. The molecule has 0 aliphatic carbocycles. The van der Waals surface area contributed by atoms with E-state index < -0.39 is 130 Å². The second-order valence-electron chi connectivity index (χ2n) is 36.1. The molecule has 2 aromatic rings. The number of amides is 2. The fraction of sp³-hybridized carbons (Fsp3) is 0.753. The number of azide groups is 2. The summed E-state index contributed by atoms with van der Waals surface area (Å²) in [5, 5.41) is 39.3. The van der Waals surface area contributed by atoms with E-state index in [1.165, 1.54) is 0 Å². The molecule has 24 atom stereocenters. The van der Waals surface area contributed by atoms with Gasteiger partial charge >= 0.3 is 53.7 Å². The summed E-state index contributed by atoms with van der Waals surface area (Å²) in [5.74, 6) is -3.86. The van der Waals surface area contributed by atoms with Gasteiger partial charge in [0.15, 0.2) is 40.7 Å². The van der Waals surface area contributed by atoms with Gasteiger partial charge in [-0.1, -0.05) is 112 Å². The number of nitrogens with two attached hydrogens (primary N) is 1. The Morgan fingerprint density at radius 2 is 1.02 bits per heavy atom. The van der Waals surface area contributed by atoms with Crippen molar-refractivity contribution in [1.29, 1.82) is 5.26 Å². The van der Waals surface area contributed by atoms with Crippen LogP contribution < -0.4 is 40.6 Å². The van der Waals surface area contributed by atoms with E-state index in [0.29, 0.717) is 132 Å². The number of aliphatic hydroxyl groups excluding tert-OH is 2. The van der Waals surface area contributed by atoms with E-state index in [9.17, 15) is 43.3 Å². The smallest absolute Gasteiger partial charge is 0.512 e. The molecule has 6 aliphatic heterocycles. The average Bonchev–Trinajstić information content (AvgIpc) is 1.74. The topological polar surface area (TPSA) is 443 Å². The number of hydrogen-bond donors (Lipinski definition) is 4. The van der Waals surface area contributed by atoms with Crippen molar-refractivity contribution in [2.24, 2.45) is 39.6 Å². The van der Waals surface area contributed by atoms with Crippen LogP contribution in [-0.2, 0) is 93.2 Å². The fourth-order valence-corrected chi connectivity index (χ4v) is 19.8. The van der Waals surface area contributed by atoms with E-state index in [4.69, 9.17) is 85.5 Å². The van der Waals surface area contributed by atoms with Gasteiger partial charge in [0.1, 0.15) is 29.1 Å². The first kappa shape index (κ1) is 115. The van der Waals surface area contributed by atoms with Crippen molar-refractivity contribution in [3.8, 4) is 0 Å². The normalized spacial score (nSPS) is 27.7. The van der Waals surface area contributed by atoms with Gasteiger partial charge in [-0.15, -0.1) is 0 Å². The van der Waals surface area contributed by atoms with Crippen molar-refractivity contribution >= 4 is 55.7 Å².